The van der Waals surface area contributed by atoms with Crippen LogP contribution in [0.3, 0.4) is 0 Å². The second-order valence-corrected chi connectivity index (χ2v) is 7.52. The fourth-order valence-corrected chi connectivity index (χ4v) is 3.40. The van der Waals surface area contributed by atoms with Gasteiger partial charge in [-0.3, -0.25) is 4.79 Å². The van der Waals surface area contributed by atoms with Gasteiger partial charge < -0.3 is 20.9 Å². The fourth-order valence-electron chi connectivity index (χ4n) is 3.27. The second-order valence-electron chi connectivity index (χ2n) is 7.08. The lowest BCUT2D eigenvalue weighted by molar-refractivity contribution is 0.0953. The van der Waals surface area contributed by atoms with Crippen molar-refractivity contribution in [2.24, 2.45) is 10.7 Å². The number of carbonyl (C=O) groups is 1. The Bertz CT molecular complexity index is 851. The molecule has 1 amide bonds. The van der Waals surface area contributed by atoms with E-state index in [0.29, 0.717) is 24.6 Å². The van der Waals surface area contributed by atoms with E-state index in [1.54, 1.807) is 0 Å². The molecule has 0 radical (unpaired) electrons. The van der Waals surface area contributed by atoms with Gasteiger partial charge in [0.1, 0.15) is 0 Å². The zero-order valence-electron chi connectivity index (χ0n) is 17.2. The van der Waals surface area contributed by atoms with Gasteiger partial charge in [-0.1, -0.05) is 30.7 Å². The zero-order chi connectivity index (χ0) is 20.6. The van der Waals surface area contributed by atoms with E-state index < -0.39 is 0 Å². The third kappa shape index (κ3) is 6.77. The quantitative estimate of drug-likeness (QED) is 0.332. The molecule has 0 spiro atoms. The van der Waals surface area contributed by atoms with Crippen molar-refractivity contribution in [2.45, 2.75) is 19.9 Å². The SMILES string of the molecule is CCCNC(=O)c1cccc(CN=C(N)N2CCN(c3ccc(Cl)cc3)CC2)c1.I. The van der Waals surface area contributed by atoms with E-state index in [9.17, 15) is 4.79 Å². The predicted molar refractivity (Wildman–Crippen MR) is 135 cm³/mol. The summed E-state index contributed by atoms with van der Waals surface area (Å²) < 4.78 is 0. The molecule has 30 heavy (non-hydrogen) atoms. The smallest absolute Gasteiger partial charge is 0.251 e. The summed E-state index contributed by atoms with van der Waals surface area (Å²) in [6.45, 7) is 6.56. The Balaban J connectivity index is 0.00000320. The molecule has 1 saturated heterocycles. The molecule has 0 aliphatic carbocycles. The molecule has 1 heterocycles. The molecule has 1 aliphatic heterocycles. The van der Waals surface area contributed by atoms with Crippen LogP contribution in [0.25, 0.3) is 0 Å². The van der Waals surface area contributed by atoms with E-state index in [2.05, 4.69) is 20.1 Å². The molecule has 6 nitrogen and oxygen atoms in total. The molecule has 0 bridgehead atoms. The Morgan fingerprint density at radius 3 is 2.50 bits per heavy atom. The van der Waals surface area contributed by atoms with Gasteiger partial charge in [-0.15, -0.1) is 24.0 Å². The first-order valence-electron chi connectivity index (χ1n) is 9.99. The van der Waals surface area contributed by atoms with Crippen LogP contribution < -0.4 is 16.0 Å². The summed E-state index contributed by atoms with van der Waals surface area (Å²) in [7, 11) is 0. The molecule has 2 aromatic carbocycles. The van der Waals surface area contributed by atoms with Crippen LogP contribution in [0.2, 0.25) is 5.02 Å². The Labute approximate surface area is 200 Å². The number of amides is 1. The van der Waals surface area contributed by atoms with Crippen molar-refractivity contribution in [3.63, 3.8) is 0 Å². The lowest BCUT2D eigenvalue weighted by atomic mass is 10.1. The van der Waals surface area contributed by atoms with Gasteiger partial charge in [0.15, 0.2) is 5.96 Å². The van der Waals surface area contributed by atoms with Gasteiger partial charge in [0.25, 0.3) is 5.91 Å². The molecule has 1 fully saturated rings. The summed E-state index contributed by atoms with van der Waals surface area (Å²) in [6.07, 6.45) is 0.914. The molecular weight excluding hydrogens is 513 g/mol. The van der Waals surface area contributed by atoms with Crippen LogP contribution in [0, 0.1) is 0 Å². The first-order chi connectivity index (χ1) is 14.1. The molecule has 0 aromatic heterocycles. The number of nitrogens with one attached hydrogen (secondary N) is 1. The van der Waals surface area contributed by atoms with E-state index in [0.717, 1.165) is 43.2 Å². The minimum absolute atomic E-state index is 0. The lowest BCUT2D eigenvalue weighted by Gasteiger charge is -2.36. The van der Waals surface area contributed by atoms with Crippen molar-refractivity contribution in [2.75, 3.05) is 37.6 Å². The number of hydrogen-bond donors (Lipinski definition) is 2. The average molecular weight is 542 g/mol. The number of aliphatic imine (C=N–C) groups is 1. The van der Waals surface area contributed by atoms with E-state index >= 15 is 0 Å². The number of benzene rings is 2. The highest BCUT2D eigenvalue weighted by molar-refractivity contribution is 14.0. The number of anilines is 1. The van der Waals surface area contributed by atoms with Crippen molar-refractivity contribution >= 4 is 53.1 Å². The van der Waals surface area contributed by atoms with Crippen molar-refractivity contribution in [3.8, 4) is 0 Å². The predicted octanol–water partition coefficient (Wildman–Crippen LogP) is 3.73. The second kappa shape index (κ2) is 12.0. The number of nitrogens with two attached hydrogens (primary N) is 1. The normalized spacial score (nSPS) is 14.3. The van der Waals surface area contributed by atoms with Crippen LogP contribution in [0.4, 0.5) is 5.69 Å². The number of piperazine rings is 1. The van der Waals surface area contributed by atoms with Gasteiger partial charge in [0.2, 0.25) is 0 Å². The van der Waals surface area contributed by atoms with E-state index in [-0.39, 0.29) is 29.9 Å². The van der Waals surface area contributed by atoms with Gasteiger partial charge in [-0.05, 0) is 48.4 Å². The van der Waals surface area contributed by atoms with E-state index in [4.69, 9.17) is 17.3 Å². The molecule has 0 unspecified atom stereocenters. The van der Waals surface area contributed by atoms with Crippen LogP contribution in [0.5, 0.6) is 0 Å². The number of nitrogens with zero attached hydrogens (tertiary/aromatic N) is 3. The van der Waals surface area contributed by atoms with Crippen LogP contribution in [0.1, 0.15) is 29.3 Å². The third-order valence-electron chi connectivity index (χ3n) is 4.94. The van der Waals surface area contributed by atoms with Gasteiger partial charge in [-0.2, -0.15) is 0 Å². The maximum atomic E-state index is 12.1. The summed E-state index contributed by atoms with van der Waals surface area (Å²) >= 11 is 5.97. The maximum absolute atomic E-state index is 12.1. The Morgan fingerprint density at radius 1 is 1.13 bits per heavy atom. The molecule has 0 saturated carbocycles. The first-order valence-corrected chi connectivity index (χ1v) is 10.4. The lowest BCUT2D eigenvalue weighted by Crippen LogP contribution is -2.51. The molecule has 1 aliphatic rings. The monoisotopic (exact) mass is 541 g/mol. The summed E-state index contributed by atoms with van der Waals surface area (Å²) in [5.74, 6) is 0.491. The number of rotatable bonds is 6. The highest BCUT2D eigenvalue weighted by Crippen LogP contribution is 2.19. The first kappa shape index (κ1) is 24.3. The van der Waals surface area contributed by atoms with Crippen molar-refractivity contribution in [3.05, 3.63) is 64.7 Å². The molecule has 8 heteroatoms. The minimum Gasteiger partial charge on any atom is -0.370 e. The van der Waals surface area contributed by atoms with Crippen molar-refractivity contribution in [1.82, 2.24) is 10.2 Å². The molecular formula is C22H29ClIN5O. The zero-order valence-corrected chi connectivity index (χ0v) is 20.3. The van der Waals surface area contributed by atoms with Crippen LogP contribution >= 0.6 is 35.6 Å². The standard InChI is InChI=1S/C22H28ClN5O.HI/c1-2-10-25-21(29)18-5-3-4-17(15-18)16-26-22(24)28-13-11-27(12-14-28)20-8-6-19(23)7-9-20;/h3-9,15H,2,10-14,16H2,1H3,(H2,24,26)(H,25,29);1H. The van der Waals surface area contributed by atoms with Crippen LogP contribution in [-0.4, -0.2) is 49.5 Å². The molecule has 162 valence electrons. The number of guanidine groups is 1. The molecule has 3 N–H and O–H groups in total. The Hall–Kier alpha value is -2.00. The van der Waals surface area contributed by atoms with E-state index in [1.165, 1.54) is 5.69 Å². The van der Waals surface area contributed by atoms with E-state index in [1.807, 2.05) is 55.5 Å². The topological polar surface area (TPSA) is 74.0 Å². The van der Waals surface area contributed by atoms with Gasteiger partial charge in [0, 0.05) is 49.0 Å². The molecule has 2 aromatic rings. The summed E-state index contributed by atoms with van der Waals surface area (Å²) in [6, 6.07) is 15.4. The van der Waals surface area contributed by atoms with Gasteiger partial charge in [-0.25, -0.2) is 4.99 Å². The summed E-state index contributed by atoms with van der Waals surface area (Å²) in [4.78, 5) is 21.1. The van der Waals surface area contributed by atoms with Crippen molar-refractivity contribution < 1.29 is 4.79 Å². The van der Waals surface area contributed by atoms with Crippen molar-refractivity contribution in [1.29, 1.82) is 0 Å². The molecule has 0 atom stereocenters. The fraction of sp³-hybridized carbons (Fsp3) is 0.364. The Morgan fingerprint density at radius 2 is 1.83 bits per heavy atom. The van der Waals surface area contributed by atoms with Gasteiger partial charge in [0.05, 0.1) is 6.54 Å². The third-order valence-corrected chi connectivity index (χ3v) is 5.20. The molecule has 3 rings (SSSR count). The highest BCUT2D eigenvalue weighted by atomic mass is 127. The summed E-state index contributed by atoms with van der Waals surface area (Å²) in [5, 5.41) is 3.64. The highest BCUT2D eigenvalue weighted by Gasteiger charge is 2.18. The maximum Gasteiger partial charge on any atom is 0.251 e. The largest absolute Gasteiger partial charge is 0.370 e. The van der Waals surface area contributed by atoms with Crippen LogP contribution in [-0.2, 0) is 6.54 Å². The van der Waals surface area contributed by atoms with Gasteiger partial charge >= 0.3 is 0 Å². The minimum atomic E-state index is -0.0519. The Kier molecular flexibility index (Phi) is 9.71. The summed E-state index contributed by atoms with van der Waals surface area (Å²) in [5.41, 5.74) is 9.02. The number of carbonyl (C=O) groups excluding carboxylic acids is 1. The number of hydrogen-bond acceptors (Lipinski definition) is 3. The average Bonchev–Trinajstić information content (AvgIpc) is 2.76. The number of halogens is 2. The van der Waals surface area contributed by atoms with Crippen LogP contribution in [0.15, 0.2) is 53.5 Å².